The molecule has 0 radical (unpaired) electrons. The van der Waals surface area contributed by atoms with Gasteiger partial charge in [-0.1, -0.05) is 32.0 Å². The fourth-order valence-electron chi connectivity index (χ4n) is 1.98. The van der Waals surface area contributed by atoms with Gasteiger partial charge in [0.05, 0.1) is 12.2 Å². The molecule has 0 amide bonds. The van der Waals surface area contributed by atoms with Crippen LogP contribution in [0, 0.1) is 0 Å². The van der Waals surface area contributed by atoms with Crippen LogP contribution >= 0.6 is 12.2 Å². The Morgan fingerprint density at radius 2 is 1.95 bits per heavy atom. The third-order valence-corrected chi connectivity index (χ3v) is 3.75. The van der Waals surface area contributed by atoms with Crippen molar-refractivity contribution in [3.05, 3.63) is 59.9 Å². The Bertz CT molecular complexity index is 566. The lowest BCUT2D eigenvalue weighted by molar-refractivity contribution is 0.734. The summed E-state index contributed by atoms with van der Waals surface area (Å²) in [4.78, 5) is 4.25. The van der Waals surface area contributed by atoms with Crippen LogP contribution in [0.3, 0.4) is 0 Å². The number of anilines is 1. The highest BCUT2D eigenvalue weighted by Gasteiger charge is 2.03. The van der Waals surface area contributed by atoms with Gasteiger partial charge in [-0.25, -0.2) is 0 Å². The first-order chi connectivity index (χ1) is 10.2. The van der Waals surface area contributed by atoms with Gasteiger partial charge in [0.25, 0.3) is 0 Å². The number of pyridine rings is 1. The summed E-state index contributed by atoms with van der Waals surface area (Å²) in [5.74, 6) is 0.591. The lowest BCUT2D eigenvalue weighted by atomic mass is 9.99. The normalized spacial score (nSPS) is 11.7. The molecule has 0 saturated heterocycles. The van der Waals surface area contributed by atoms with Crippen LogP contribution < -0.4 is 10.6 Å². The summed E-state index contributed by atoms with van der Waals surface area (Å²) in [6.07, 6.45) is 2.93. The van der Waals surface area contributed by atoms with Gasteiger partial charge >= 0.3 is 0 Å². The van der Waals surface area contributed by atoms with E-state index in [-0.39, 0.29) is 0 Å². The van der Waals surface area contributed by atoms with Crippen LogP contribution in [-0.2, 0) is 6.54 Å². The largest absolute Gasteiger partial charge is 0.357 e. The second-order valence-corrected chi connectivity index (χ2v) is 5.47. The first kappa shape index (κ1) is 15.4. The van der Waals surface area contributed by atoms with E-state index in [0.717, 1.165) is 17.8 Å². The Labute approximate surface area is 131 Å². The van der Waals surface area contributed by atoms with Crippen molar-refractivity contribution >= 4 is 23.0 Å². The zero-order valence-electron chi connectivity index (χ0n) is 12.5. The molecule has 1 aromatic heterocycles. The van der Waals surface area contributed by atoms with E-state index in [1.807, 2.05) is 18.2 Å². The minimum atomic E-state index is 0.591. The molecule has 2 rings (SSSR count). The molecule has 4 heteroatoms. The third-order valence-electron chi connectivity index (χ3n) is 3.51. The molecule has 3 nitrogen and oxygen atoms in total. The van der Waals surface area contributed by atoms with Crippen LogP contribution in [0.1, 0.15) is 37.4 Å². The van der Waals surface area contributed by atoms with Crippen molar-refractivity contribution in [2.24, 2.45) is 0 Å². The average molecular weight is 299 g/mol. The van der Waals surface area contributed by atoms with Crippen LogP contribution in [0.15, 0.2) is 48.7 Å². The lowest BCUT2D eigenvalue weighted by Gasteiger charge is -2.12. The molecular formula is C17H21N3S. The van der Waals surface area contributed by atoms with Gasteiger partial charge in [-0.05, 0) is 54.4 Å². The van der Waals surface area contributed by atoms with E-state index >= 15 is 0 Å². The summed E-state index contributed by atoms with van der Waals surface area (Å²) in [6, 6.07) is 14.3. The van der Waals surface area contributed by atoms with Crippen LogP contribution in [0.5, 0.6) is 0 Å². The average Bonchev–Trinajstić information content (AvgIpc) is 2.54. The number of hydrogen-bond acceptors (Lipinski definition) is 2. The molecule has 0 bridgehead atoms. The third kappa shape index (κ3) is 4.83. The standard InChI is InChI=1S/C17H21N3S/c1-3-13(2)14-7-9-15(10-8-14)20-17(21)19-12-16-6-4-5-11-18-16/h4-11,13H,3,12H2,1-2H3,(H2,19,20,21)/t13-/m0/s1. The van der Waals surface area contributed by atoms with Crippen LogP contribution in [-0.4, -0.2) is 10.1 Å². The quantitative estimate of drug-likeness (QED) is 0.816. The van der Waals surface area contributed by atoms with Crippen molar-refractivity contribution in [1.29, 1.82) is 0 Å². The highest BCUT2D eigenvalue weighted by Crippen LogP contribution is 2.20. The number of nitrogens with zero attached hydrogens (tertiary/aromatic N) is 1. The van der Waals surface area contributed by atoms with Crippen molar-refractivity contribution in [1.82, 2.24) is 10.3 Å². The molecule has 0 aliphatic rings. The number of thiocarbonyl (C=S) groups is 1. The minimum Gasteiger partial charge on any atom is -0.357 e. The molecule has 0 saturated carbocycles. The highest BCUT2D eigenvalue weighted by atomic mass is 32.1. The van der Waals surface area contributed by atoms with Gasteiger partial charge < -0.3 is 10.6 Å². The summed E-state index contributed by atoms with van der Waals surface area (Å²) in [6.45, 7) is 5.06. The molecule has 21 heavy (non-hydrogen) atoms. The fourth-order valence-corrected chi connectivity index (χ4v) is 2.17. The summed E-state index contributed by atoms with van der Waals surface area (Å²) in [5.41, 5.74) is 3.32. The van der Waals surface area contributed by atoms with Gasteiger partial charge in [-0.3, -0.25) is 4.98 Å². The molecular weight excluding hydrogens is 278 g/mol. The van der Waals surface area contributed by atoms with E-state index in [1.165, 1.54) is 5.56 Å². The van der Waals surface area contributed by atoms with Gasteiger partial charge in [-0.15, -0.1) is 0 Å². The molecule has 0 aliphatic carbocycles. The van der Waals surface area contributed by atoms with E-state index in [4.69, 9.17) is 12.2 Å². The van der Waals surface area contributed by atoms with E-state index in [2.05, 4.69) is 53.7 Å². The second-order valence-electron chi connectivity index (χ2n) is 5.06. The topological polar surface area (TPSA) is 37.0 Å². The molecule has 0 spiro atoms. The SMILES string of the molecule is CC[C@H](C)c1ccc(NC(=S)NCc2ccccn2)cc1. The van der Waals surface area contributed by atoms with E-state index < -0.39 is 0 Å². The maximum atomic E-state index is 5.29. The zero-order chi connectivity index (χ0) is 15.1. The number of aromatic nitrogens is 1. The number of benzene rings is 1. The highest BCUT2D eigenvalue weighted by molar-refractivity contribution is 7.80. The molecule has 1 heterocycles. The van der Waals surface area contributed by atoms with Gasteiger partial charge in [0.1, 0.15) is 0 Å². The zero-order valence-corrected chi connectivity index (χ0v) is 13.3. The first-order valence-electron chi connectivity index (χ1n) is 7.23. The molecule has 0 aliphatic heterocycles. The van der Waals surface area contributed by atoms with Crippen molar-refractivity contribution in [3.8, 4) is 0 Å². The number of hydrogen-bond donors (Lipinski definition) is 2. The first-order valence-corrected chi connectivity index (χ1v) is 7.64. The predicted octanol–water partition coefficient (Wildman–Crippen LogP) is 4.08. The van der Waals surface area contributed by atoms with E-state index in [1.54, 1.807) is 6.20 Å². The molecule has 0 unspecified atom stereocenters. The van der Waals surface area contributed by atoms with Crippen LogP contribution in [0.4, 0.5) is 5.69 Å². The summed E-state index contributed by atoms with van der Waals surface area (Å²) in [7, 11) is 0. The van der Waals surface area contributed by atoms with Crippen LogP contribution in [0.25, 0.3) is 0 Å². The maximum Gasteiger partial charge on any atom is 0.171 e. The summed E-state index contributed by atoms with van der Waals surface area (Å²) < 4.78 is 0. The van der Waals surface area contributed by atoms with E-state index in [0.29, 0.717) is 17.6 Å². The monoisotopic (exact) mass is 299 g/mol. The molecule has 2 N–H and O–H groups in total. The van der Waals surface area contributed by atoms with Crippen LogP contribution in [0.2, 0.25) is 0 Å². The second kappa shape index (κ2) is 7.74. The van der Waals surface area contributed by atoms with Gasteiger partial charge in [0, 0.05) is 11.9 Å². The Morgan fingerprint density at radius 1 is 1.19 bits per heavy atom. The molecule has 1 aromatic carbocycles. The fraction of sp³-hybridized carbons (Fsp3) is 0.294. The summed E-state index contributed by atoms with van der Waals surface area (Å²) >= 11 is 5.29. The molecule has 0 fully saturated rings. The Hall–Kier alpha value is -1.94. The predicted molar refractivity (Wildman–Crippen MR) is 92.4 cm³/mol. The van der Waals surface area contributed by atoms with Crippen molar-refractivity contribution in [3.63, 3.8) is 0 Å². The number of rotatable bonds is 5. The Kier molecular flexibility index (Phi) is 5.69. The van der Waals surface area contributed by atoms with Crippen molar-refractivity contribution < 1.29 is 0 Å². The molecule has 110 valence electrons. The molecule has 2 aromatic rings. The summed E-state index contributed by atoms with van der Waals surface area (Å²) in [5, 5.41) is 6.95. The smallest absolute Gasteiger partial charge is 0.171 e. The minimum absolute atomic E-state index is 0.591. The number of nitrogens with one attached hydrogen (secondary N) is 2. The Balaban J connectivity index is 1.85. The molecule has 1 atom stereocenters. The van der Waals surface area contributed by atoms with E-state index in [9.17, 15) is 0 Å². The van der Waals surface area contributed by atoms with Gasteiger partial charge in [0.2, 0.25) is 0 Å². The lowest BCUT2D eigenvalue weighted by Crippen LogP contribution is -2.28. The van der Waals surface area contributed by atoms with Gasteiger partial charge in [0.15, 0.2) is 5.11 Å². The van der Waals surface area contributed by atoms with Crippen molar-refractivity contribution in [2.45, 2.75) is 32.7 Å². The van der Waals surface area contributed by atoms with Crippen molar-refractivity contribution in [2.75, 3.05) is 5.32 Å². The van der Waals surface area contributed by atoms with Gasteiger partial charge in [-0.2, -0.15) is 0 Å². The maximum absolute atomic E-state index is 5.29. The Morgan fingerprint density at radius 3 is 2.57 bits per heavy atom.